The molecule has 2 heterocycles. The van der Waals surface area contributed by atoms with Crippen molar-refractivity contribution in [3.05, 3.63) is 23.4 Å². The highest BCUT2D eigenvalue weighted by Gasteiger charge is 2.28. The predicted octanol–water partition coefficient (Wildman–Crippen LogP) is 1.61. The van der Waals surface area contributed by atoms with Gasteiger partial charge in [0.05, 0.1) is 11.2 Å². The Labute approximate surface area is 102 Å². The van der Waals surface area contributed by atoms with E-state index in [1.54, 1.807) is 6.20 Å². The van der Waals surface area contributed by atoms with Gasteiger partial charge in [0.1, 0.15) is 11.9 Å². The lowest BCUT2D eigenvalue weighted by molar-refractivity contribution is 0.0350. The molecule has 2 rings (SSSR count). The quantitative estimate of drug-likeness (QED) is 0.797. The minimum atomic E-state index is -0.576. The Hall–Kier alpha value is -1.60. The Balaban J connectivity index is 2.25. The highest BCUT2D eigenvalue weighted by molar-refractivity contribution is 5.57. The van der Waals surface area contributed by atoms with E-state index in [4.69, 9.17) is 5.26 Å². The van der Waals surface area contributed by atoms with Crippen LogP contribution in [0.4, 0.5) is 5.82 Å². The molecular weight excluding hydrogens is 214 g/mol. The lowest BCUT2D eigenvalue weighted by Gasteiger charge is -2.36. The molecule has 90 valence electrons. The molecule has 0 aliphatic carbocycles. The highest BCUT2D eigenvalue weighted by Crippen LogP contribution is 2.27. The molecule has 17 heavy (non-hydrogen) atoms. The van der Waals surface area contributed by atoms with E-state index in [1.165, 1.54) is 0 Å². The number of piperidine rings is 1. The fourth-order valence-electron chi connectivity index (χ4n) is 2.12. The van der Waals surface area contributed by atoms with Crippen molar-refractivity contribution in [2.45, 2.75) is 32.3 Å². The standard InChI is InChI=1S/C13H17N3O/c1-10-3-6-15-12(11(10)9-14)16-7-4-13(2,17)5-8-16/h3,6,17H,4-5,7-8H2,1-2H3. The SMILES string of the molecule is Cc1ccnc(N2CCC(C)(O)CC2)c1C#N. The second kappa shape index (κ2) is 4.34. The van der Waals surface area contributed by atoms with E-state index in [2.05, 4.69) is 16.0 Å². The molecule has 0 spiro atoms. The molecule has 1 saturated heterocycles. The number of aliphatic hydroxyl groups is 1. The van der Waals surface area contributed by atoms with Gasteiger partial charge < -0.3 is 10.0 Å². The maximum atomic E-state index is 9.91. The summed E-state index contributed by atoms with van der Waals surface area (Å²) in [6.07, 6.45) is 3.17. The molecule has 0 aromatic carbocycles. The molecule has 0 amide bonds. The summed E-state index contributed by atoms with van der Waals surface area (Å²) in [6, 6.07) is 4.06. The van der Waals surface area contributed by atoms with Crippen LogP contribution in [0.2, 0.25) is 0 Å². The molecule has 1 aliphatic heterocycles. The number of nitriles is 1. The summed E-state index contributed by atoms with van der Waals surface area (Å²) in [6.45, 7) is 5.28. The van der Waals surface area contributed by atoms with Crippen LogP contribution in [0.15, 0.2) is 12.3 Å². The zero-order valence-electron chi connectivity index (χ0n) is 10.3. The van der Waals surface area contributed by atoms with E-state index in [9.17, 15) is 5.11 Å². The topological polar surface area (TPSA) is 60.1 Å². The Morgan fingerprint density at radius 3 is 2.71 bits per heavy atom. The largest absolute Gasteiger partial charge is 0.390 e. The maximum Gasteiger partial charge on any atom is 0.146 e. The minimum absolute atomic E-state index is 0.576. The molecule has 0 unspecified atom stereocenters. The number of anilines is 1. The van der Waals surface area contributed by atoms with E-state index >= 15 is 0 Å². The second-order valence-corrected chi connectivity index (χ2v) is 4.92. The maximum absolute atomic E-state index is 9.91. The number of hydrogen-bond donors (Lipinski definition) is 1. The zero-order valence-corrected chi connectivity index (χ0v) is 10.3. The number of aromatic nitrogens is 1. The number of rotatable bonds is 1. The molecule has 1 N–H and O–H groups in total. The van der Waals surface area contributed by atoms with Gasteiger partial charge in [-0.25, -0.2) is 4.98 Å². The van der Waals surface area contributed by atoms with Gasteiger partial charge in [-0.3, -0.25) is 0 Å². The van der Waals surface area contributed by atoms with Gasteiger partial charge in [-0.15, -0.1) is 0 Å². The van der Waals surface area contributed by atoms with Crippen molar-refractivity contribution in [3.63, 3.8) is 0 Å². The summed E-state index contributed by atoms with van der Waals surface area (Å²) in [5.41, 5.74) is 1.02. The van der Waals surface area contributed by atoms with Gasteiger partial charge in [0, 0.05) is 19.3 Å². The van der Waals surface area contributed by atoms with Gasteiger partial charge in [0.15, 0.2) is 0 Å². The van der Waals surface area contributed by atoms with E-state index in [0.717, 1.165) is 24.5 Å². The highest BCUT2D eigenvalue weighted by atomic mass is 16.3. The first-order chi connectivity index (χ1) is 8.03. The van der Waals surface area contributed by atoms with Crippen LogP contribution in [0, 0.1) is 18.3 Å². The van der Waals surface area contributed by atoms with Crippen molar-refractivity contribution in [1.29, 1.82) is 5.26 Å². The summed E-state index contributed by atoms with van der Waals surface area (Å²) >= 11 is 0. The number of pyridine rings is 1. The molecule has 0 atom stereocenters. The smallest absolute Gasteiger partial charge is 0.146 e. The summed E-state index contributed by atoms with van der Waals surface area (Å²) in [7, 11) is 0. The summed E-state index contributed by atoms with van der Waals surface area (Å²) < 4.78 is 0. The monoisotopic (exact) mass is 231 g/mol. The number of nitrogens with zero attached hydrogens (tertiary/aromatic N) is 3. The van der Waals surface area contributed by atoms with E-state index in [-0.39, 0.29) is 0 Å². The van der Waals surface area contributed by atoms with Crippen molar-refractivity contribution in [2.24, 2.45) is 0 Å². The van der Waals surface area contributed by atoms with E-state index < -0.39 is 5.60 Å². The Bertz CT molecular complexity index is 452. The van der Waals surface area contributed by atoms with Crippen molar-refractivity contribution < 1.29 is 5.11 Å². The first-order valence-corrected chi connectivity index (χ1v) is 5.86. The number of aryl methyl sites for hydroxylation is 1. The molecule has 1 aromatic rings. The number of hydrogen-bond acceptors (Lipinski definition) is 4. The Morgan fingerprint density at radius 1 is 1.47 bits per heavy atom. The fraction of sp³-hybridized carbons (Fsp3) is 0.538. The molecule has 4 heteroatoms. The average Bonchev–Trinajstić information content (AvgIpc) is 2.29. The van der Waals surface area contributed by atoms with E-state index in [0.29, 0.717) is 18.4 Å². The molecule has 1 aromatic heterocycles. The van der Waals surface area contributed by atoms with Gasteiger partial charge in [-0.05, 0) is 38.3 Å². The van der Waals surface area contributed by atoms with Crippen molar-refractivity contribution in [1.82, 2.24) is 4.98 Å². The minimum Gasteiger partial charge on any atom is -0.390 e. The third-order valence-corrected chi connectivity index (χ3v) is 3.39. The summed E-state index contributed by atoms with van der Waals surface area (Å²) in [5, 5.41) is 19.1. The zero-order chi connectivity index (χ0) is 12.5. The van der Waals surface area contributed by atoms with Crippen molar-refractivity contribution in [3.8, 4) is 6.07 Å². The molecular formula is C13H17N3O. The van der Waals surface area contributed by atoms with Gasteiger partial charge in [0.25, 0.3) is 0 Å². The van der Waals surface area contributed by atoms with Crippen LogP contribution in [0.1, 0.15) is 30.9 Å². The third-order valence-electron chi connectivity index (χ3n) is 3.39. The third kappa shape index (κ3) is 2.40. The molecule has 0 saturated carbocycles. The van der Waals surface area contributed by atoms with Gasteiger partial charge in [0.2, 0.25) is 0 Å². The van der Waals surface area contributed by atoms with Crippen LogP contribution in [0.5, 0.6) is 0 Å². The van der Waals surface area contributed by atoms with Crippen LogP contribution < -0.4 is 4.90 Å². The van der Waals surface area contributed by atoms with Gasteiger partial charge in [-0.2, -0.15) is 5.26 Å². The summed E-state index contributed by atoms with van der Waals surface area (Å²) in [4.78, 5) is 6.39. The van der Waals surface area contributed by atoms with Gasteiger partial charge >= 0.3 is 0 Å². The van der Waals surface area contributed by atoms with Crippen LogP contribution in [-0.4, -0.2) is 28.8 Å². The first-order valence-electron chi connectivity index (χ1n) is 5.86. The van der Waals surface area contributed by atoms with Crippen LogP contribution in [0.25, 0.3) is 0 Å². The molecule has 0 bridgehead atoms. The molecule has 4 nitrogen and oxygen atoms in total. The molecule has 1 fully saturated rings. The lowest BCUT2D eigenvalue weighted by atomic mass is 9.93. The normalized spacial score (nSPS) is 18.8. The second-order valence-electron chi connectivity index (χ2n) is 4.92. The van der Waals surface area contributed by atoms with E-state index in [1.807, 2.05) is 19.9 Å². The molecule has 0 radical (unpaired) electrons. The lowest BCUT2D eigenvalue weighted by Crippen LogP contribution is -2.43. The van der Waals surface area contributed by atoms with Crippen molar-refractivity contribution >= 4 is 5.82 Å². The Morgan fingerprint density at radius 2 is 2.12 bits per heavy atom. The molecule has 1 aliphatic rings. The fourth-order valence-corrected chi connectivity index (χ4v) is 2.12. The predicted molar refractivity (Wildman–Crippen MR) is 65.8 cm³/mol. The average molecular weight is 231 g/mol. The van der Waals surface area contributed by atoms with Crippen LogP contribution >= 0.6 is 0 Å². The Kier molecular flexibility index (Phi) is 3.03. The van der Waals surface area contributed by atoms with Crippen LogP contribution in [0.3, 0.4) is 0 Å². The first kappa shape index (κ1) is 11.9. The summed E-state index contributed by atoms with van der Waals surface area (Å²) in [5.74, 6) is 0.753. The van der Waals surface area contributed by atoms with Crippen molar-refractivity contribution in [2.75, 3.05) is 18.0 Å². The van der Waals surface area contributed by atoms with Crippen LogP contribution in [-0.2, 0) is 0 Å². The van der Waals surface area contributed by atoms with Gasteiger partial charge in [-0.1, -0.05) is 0 Å².